The Morgan fingerprint density at radius 3 is 2.58 bits per heavy atom. The number of nitrogens with one attached hydrogen (secondary N) is 1. The molecule has 0 saturated carbocycles. The summed E-state index contributed by atoms with van der Waals surface area (Å²) in [6.07, 6.45) is 2.07. The lowest BCUT2D eigenvalue weighted by molar-refractivity contribution is 0.475. The van der Waals surface area contributed by atoms with Crippen molar-refractivity contribution in [3.63, 3.8) is 0 Å². The first kappa shape index (κ1) is 16.2. The Hall–Kier alpha value is -3.27. The molecular formula is C22H21N3O. The number of aryl methyl sites for hydroxylation is 2. The van der Waals surface area contributed by atoms with Crippen molar-refractivity contribution in [1.82, 2.24) is 9.38 Å². The van der Waals surface area contributed by atoms with Gasteiger partial charge in [-0.3, -0.25) is 4.40 Å². The number of aromatic hydroxyl groups is 1. The first-order chi connectivity index (χ1) is 12.5. The Morgan fingerprint density at radius 1 is 0.962 bits per heavy atom. The molecule has 0 spiro atoms. The molecule has 2 N–H and O–H groups in total. The van der Waals surface area contributed by atoms with Gasteiger partial charge in [0.05, 0.1) is 0 Å². The minimum Gasteiger partial charge on any atom is -0.508 e. The van der Waals surface area contributed by atoms with Crippen molar-refractivity contribution in [3.05, 3.63) is 77.5 Å². The lowest BCUT2D eigenvalue weighted by Gasteiger charge is -2.13. The summed E-state index contributed by atoms with van der Waals surface area (Å²) >= 11 is 0. The van der Waals surface area contributed by atoms with Gasteiger partial charge in [-0.25, -0.2) is 4.98 Å². The van der Waals surface area contributed by atoms with Crippen molar-refractivity contribution in [2.24, 2.45) is 0 Å². The van der Waals surface area contributed by atoms with Gasteiger partial charge in [0.15, 0.2) is 0 Å². The molecule has 4 heteroatoms. The summed E-state index contributed by atoms with van der Waals surface area (Å²) in [6, 6.07) is 17.5. The molecule has 2 aromatic carbocycles. The number of fused-ring (bicyclic) bond motifs is 1. The minimum atomic E-state index is 0.230. The standard InChI is InChI=1S/C22H21N3O/c1-14-10-11-20-24-21(17-7-5-8-18(26)12-17)22(25(20)13-14)23-19-9-4-6-15(2)16(19)3/h4-13,23,26H,1-3H3. The average Bonchev–Trinajstić information content (AvgIpc) is 2.97. The molecule has 4 aromatic rings. The Morgan fingerprint density at radius 2 is 1.77 bits per heavy atom. The van der Waals surface area contributed by atoms with Crippen LogP contribution in [0.3, 0.4) is 0 Å². The van der Waals surface area contributed by atoms with Gasteiger partial charge in [-0.05, 0) is 61.7 Å². The highest BCUT2D eigenvalue weighted by atomic mass is 16.3. The number of pyridine rings is 1. The number of imidazole rings is 1. The Kier molecular flexibility index (Phi) is 3.88. The fourth-order valence-electron chi connectivity index (χ4n) is 3.14. The molecular weight excluding hydrogens is 322 g/mol. The molecule has 130 valence electrons. The molecule has 0 fully saturated rings. The van der Waals surface area contributed by atoms with Crippen LogP contribution in [0.2, 0.25) is 0 Å². The minimum absolute atomic E-state index is 0.230. The second-order valence-electron chi connectivity index (χ2n) is 6.67. The maximum absolute atomic E-state index is 9.90. The zero-order valence-electron chi connectivity index (χ0n) is 15.1. The van der Waals surface area contributed by atoms with Crippen molar-refractivity contribution in [2.45, 2.75) is 20.8 Å². The van der Waals surface area contributed by atoms with Crippen molar-refractivity contribution in [1.29, 1.82) is 0 Å². The first-order valence-electron chi connectivity index (χ1n) is 8.64. The van der Waals surface area contributed by atoms with Gasteiger partial charge in [-0.2, -0.15) is 0 Å². The van der Waals surface area contributed by atoms with Crippen LogP contribution < -0.4 is 5.32 Å². The number of nitrogens with zero attached hydrogens (tertiary/aromatic N) is 2. The van der Waals surface area contributed by atoms with Gasteiger partial charge in [0.1, 0.15) is 22.9 Å². The van der Waals surface area contributed by atoms with Gasteiger partial charge in [-0.1, -0.05) is 30.3 Å². The summed E-state index contributed by atoms with van der Waals surface area (Å²) in [5.41, 5.74) is 7.19. The predicted octanol–water partition coefficient (Wildman–Crippen LogP) is 5.38. The summed E-state index contributed by atoms with van der Waals surface area (Å²) in [7, 11) is 0. The fraction of sp³-hybridized carbons (Fsp3) is 0.136. The van der Waals surface area contributed by atoms with Gasteiger partial charge in [0, 0.05) is 17.4 Å². The number of aromatic nitrogens is 2. The molecule has 2 heterocycles. The first-order valence-corrected chi connectivity index (χ1v) is 8.64. The van der Waals surface area contributed by atoms with E-state index >= 15 is 0 Å². The van der Waals surface area contributed by atoms with E-state index in [-0.39, 0.29) is 5.75 Å². The molecule has 0 aliphatic carbocycles. The van der Waals surface area contributed by atoms with Crippen LogP contribution in [-0.2, 0) is 0 Å². The van der Waals surface area contributed by atoms with Crippen LogP contribution in [0.4, 0.5) is 11.5 Å². The number of hydrogen-bond acceptors (Lipinski definition) is 3. The monoisotopic (exact) mass is 343 g/mol. The topological polar surface area (TPSA) is 49.6 Å². The third-order valence-corrected chi connectivity index (χ3v) is 4.74. The van der Waals surface area contributed by atoms with Gasteiger partial charge in [-0.15, -0.1) is 0 Å². The number of rotatable bonds is 3. The SMILES string of the molecule is Cc1ccc2nc(-c3cccc(O)c3)c(Nc3cccc(C)c3C)n2c1. The highest BCUT2D eigenvalue weighted by molar-refractivity contribution is 5.81. The van der Waals surface area contributed by atoms with Crippen LogP contribution in [0, 0.1) is 20.8 Å². The van der Waals surface area contributed by atoms with Gasteiger partial charge in [0.25, 0.3) is 0 Å². The second-order valence-corrected chi connectivity index (χ2v) is 6.67. The van der Waals surface area contributed by atoms with Crippen molar-refractivity contribution < 1.29 is 5.11 Å². The van der Waals surface area contributed by atoms with Crippen LogP contribution in [0.5, 0.6) is 5.75 Å². The van der Waals surface area contributed by atoms with Crippen LogP contribution in [0.15, 0.2) is 60.8 Å². The Labute approximate surface area is 152 Å². The Balaban J connectivity index is 1.94. The summed E-state index contributed by atoms with van der Waals surface area (Å²) in [6.45, 7) is 6.28. The van der Waals surface area contributed by atoms with E-state index in [4.69, 9.17) is 4.98 Å². The van der Waals surface area contributed by atoms with Gasteiger partial charge < -0.3 is 10.4 Å². The smallest absolute Gasteiger partial charge is 0.143 e. The molecule has 4 nitrogen and oxygen atoms in total. The molecule has 4 rings (SSSR count). The van der Waals surface area contributed by atoms with Crippen molar-refractivity contribution in [2.75, 3.05) is 5.32 Å². The summed E-state index contributed by atoms with van der Waals surface area (Å²) in [5.74, 6) is 1.12. The second kappa shape index (κ2) is 6.23. The van der Waals surface area contributed by atoms with E-state index in [1.807, 2.05) is 24.3 Å². The largest absolute Gasteiger partial charge is 0.508 e. The number of benzene rings is 2. The fourth-order valence-corrected chi connectivity index (χ4v) is 3.14. The summed E-state index contributed by atoms with van der Waals surface area (Å²) < 4.78 is 2.07. The predicted molar refractivity (Wildman–Crippen MR) is 106 cm³/mol. The number of phenols is 1. The van der Waals surface area contributed by atoms with Crippen LogP contribution >= 0.6 is 0 Å². The number of phenolic OH excluding ortho intramolecular Hbond substituents is 1. The molecule has 0 atom stereocenters. The van der Waals surface area contributed by atoms with Crippen molar-refractivity contribution >= 4 is 17.2 Å². The Bertz CT molecular complexity index is 1110. The van der Waals surface area contributed by atoms with E-state index in [9.17, 15) is 5.11 Å². The maximum Gasteiger partial charge on any atom is 0.143 e. The molecule has 0 amide bonds. The highest BCUT2D eigenvalue weighted by Crippen LogP contribution is 2.34. The quantitative estimate of drug-likeness (QED) is 0.525. The third kappa shape index (κ3) is 2.80. The summed E-state index contributed by atoms with van der Waals surface area (Å²) in [4.78, 5) is 4.80. The molecule has 0 aliphatic rings. The lowest BCUT2D eigenvalue weighted by atomic mass is 10.1. The molecule has 0 saturated heterocycles. The zero-order valence-corrected chi connectivity index (χ0v) is 15.1. The van der Waals surface area contributed by atoms with E-state index in [2.05, 4.69) is 54.9 Å². The van der Waals surface area contributed by atoms with Gasteiger partial charge >= 0.3 is 0 Å². The summed E-state index contributed by atoms with van der Waals surface area (Å²) in [5, 5.41) is 13.5. The van der Waals surface area contributed by atoms with E-state index in [1.54, 1.807) is 12.1 Å². The van der Waals surface area contributed by atoms with E-state index in [0.29, 0.717) is 0 Å². The average molecular weight is 343 g/mol. The highest BCUT2D eigenvalue weighted by Gasteiger charge is 2.16. The van der Waals surface area contributed by atoms with Gasteiger partial charge in [0.2, 0.25) is 0 Å². The molecule has 0 unspecified atom stereocenters. The molecule has 26 heavy (non-hydrogen) atoms. The lowest BCUT2D eigenvalue weighted by Crippen LogP contribution is -2.00. The molecule has 2 aromatic heterocycles. The number of hydrogen-bond donors (Lipinski definition) is 2. The maximum atomic E-state index is 9.90. The normalized spacial score (nSPS) is 11.0. The molecule has 0 aliphatic heterocycles. The van der Waals surface area contributed by atoms with Crippen molar-refractivity contribution in [3.8, 4) is 17.0 Å². The van der Waals surface area contributed by atoms with Crippen LogP contribution in [0.1, 0.15) is 16.7 Å². The zero-order chi connectivity index (χ0) is 18.3. The number of anilines is 2. The van der Waals surface area contributed by atoms with E-state index in [1.165, 1.54) is 11.1 Å². The third-order valence-electron chi connectivity index (χ3n) is 4.74. The molecule has 0 bridgehead atoms. The van der Waals surface area contributed by atoms with Crippen LogP contribution in [-0.4, -0.2) is 14.5 Å². The van der Waals surface area contributed by atoms with E-state index < -0.39 is 0 Å². The molecule has 0 radical (unpaired) electrons. The van der Waals surface area contributed by atoms with E-state index in [0.717, 1.165) is 34.0 Å². The van der Waals surface area contributed by atoms with Crippen LogP contribution in [0.25, 0.3) is 16.9 Å².